The van der Waals surface area contributed by atoms with Gasteiger partial charge in [-0.1, -0.05) is 6.07 Å². The first-order valence-corrected chi connectivity index (χ1v) is 8.33. The minimum absolute atomic E-state index is 0.0164. The van der Waals surface area contributed by atoms with Gasteiger partial charge in [-0.15, -0.1) is 0 Å². The topological polar surface area (TPSA) is 70.7 Å². The molecule has 116 valence electrons. The van der Waals surface area contributed by atoms with E-state index in [-0.39, 0.29) is 5.91 Å². The zero-order valence-electron chi connectivity index (χ0n) is 12.6. The van der Waals surface area contributed by atoms with Gasteiger partial charge in [0, 0.05) is 17.2 Å². The lowest BCUT2D eigenvalue weighted by Crippen LogP contribution is -2.25. The molecule has 1 aliphatic rings. The highest BCUT2D eigenvalue weighted by Crippen LogP contribution is 2.27. The lowest BCUT2D eigenvalue weighted by Gasteiger charge is -2.09. The Morgan fingerprint density at radius 1 is 1.30 bits per heavy atom. The molecular weight excluding hydrogens is 356 g/mol. The summed E-state index contributed by atoms with van der Waals surface area (Å²) in [6.45, 7) is 2.02. The van der Waals surface area contributed by atoms with E-state index in [1.807, 2.05) is 37.3 Å². The SMILES string of the molecule is Cc1ccc(C(=O)NC2CC2)cc1-c1ccc2c(Br)[nH]nc2n1. The Morgan fingerprint density at radius 2 is 2.13 bits per heavy atom. The maximum absolute atomic E-state index is 12.3. The van der Waals surface area contributed by atoms with E-state index < -0.39 is 0 Å². The fraction of sp³-hybridized carbons (Fsp3) is 0.235. The summed E-state index contributed by atoms with van der Waals surface area (Å²) in [5, 5.41) is 11.0. The number of fused-ring (bicyclic) bond motifs is 1. The second kappa shape index (κ2) is 5.45. The average Bonchev–Trinajstić information content (AvgIpc) is 3.29. The highest BCUT2D eigenvalue weighted by Gasteiger charge is 2.24. The predicted octanol–water partition coefficient (Wildman–Crippen LogP) is 3.59. The normalized spacial score (nSPS) is 14.2. The van der Waals surface area contributed by atoms with Gasteiger partial charge in [0.05, 0.1) is 11.1 Å². The number of aromatic nitrogens is 3. The Labute approximate surface area is 141 Å². The molecule has 0 bridgehead atoms. The summed E-state index contributed by atoms with van der Waals surface area (Å²) >= 11 is 3.41. The summed E-state index contributed by atoms with van der Waals surface area (Å²) < 4.78 is 0.820. The van der Waals surface area contributed by atoms with Gasteiger partial charge in [-0.05, 0) is 65.5 Å². The maximum atomic E-state index is 12.3. The third-order valence-corrected chi connectivity index (χ3v) is 4.66. The van der Waals surface area contributed by atoms with Crippen LogP contribution in [0.15, 0.2) is 34.9 Å². The molecule has 1 saturated carbocycles. The maximum Gasteiger partial charge on any atom is 0.251 e. The molecule has 5 nitrogen and oxygen atoms in total. The van der Waals surface area contributed by atoms with Crippen molar-refractivity contribution in [3.05, 3.63) is 46.1 Å². The molecule has 6 heteroatoms. The first-order valence-electron chi connectivity index (χ1n) is 7.54. The number of benzene rings is 1. The Kier molecular flexibility index (Phi) is 3.41. The van der Waals surface area contributed by atoms with Crippen LogP contribution >= 0.6 is 15.9 Å². The highest BCUT2D eigenvalue weighted by molar-refractivity contribution is 9.10. The third-order valence-electron chi connectivity index (χ3n) is 4.06. The number of carbonyl (C=O) groups is 1. The number of nitrogens with one attached hydrogen (secondary N) is 2. The summed E-state index contributed by atoms with van der Waals surface area (Å²) in [7, 11) is 0. The van der Waals surface area contributed by atoms with Gasteiger partial charge in [0.1, 0.15) is 4.60 Å². The lowest BCUT2D eigenvalue weighted by molar-refractivity contribution is 0.0951. The van der Waals surface area contributed by atoms with Gasteiger partial charge < -0.3 is 5.32 Å². The summed E-state index contributed by atoms with van der Waals surface area (Å²) in [5.41, 5.74) is 4.17. The average molecular weight is 371 g/mol. The molecule has 1 aliphatic carbocycles. The van der Waals surface area contributed by atoms with Crippen LogP contribution in [0.5, 0.6) is 0 Å². The molecule has 23 heavy (non-hydrogen) atoms. The zero-order valence-corrected chi connectivity index (χ0v) is 14.1. The van der Waals surface area contributed by atoms with Crippen LogP contribution in [-0.2, 0) is 0 Å². The van der Waals surface area contributed by atoms with Crippen LogP contribution in [0, 0.1) is 6.92 Å². The van der Waals surface area contributed by atoms with E-state index in [0.29, 0.717) is 17.3 Å². The van der Waals surface area contributed by atoms with Crippen molar-refractivity contribution in [2.24, 2.45) is 0 Å². The molecule has 0 unspecified atom stereocenters. The number of H-pyrrole nitrogens is 1. The Balaban J connectivity index is 1.74. The minimum atomic E-state index is -0.0164. The van der Waals surface area contributed by atoms with Crippen LogP contribution in [-0.4, -0.2) is 27.1 Å². The van der Waals surface area contributed by atoms with Crippen molar-refractivity contribution in [3.63, 3.8) is 0 Å². The number of carbonyl (C=O) groups excluding carboxylic acids is 1. The van der Waals surface area contributed by atoms with Crippen molar-refractivity contribution in [1.82, 2.24) is 20.5 Å². The van der Waals surface area contributed by atoms with Gasteiger partial charge in [0.2, 0.25) is 0 Å². The molecule has 1 fully saturated rings. The first-order chi connectivity index (χ1) is 11.1. The number of aromatic amines is 1. The second-order valence-electron chi connectivity index (χ2n) is 5.88. The second-order valence-corrected chi connectivity index (χ2v) is 6.68. The van der Waals surface area contributed by atoms with E-state index in [1.54, 1.807) is 0 Å². The lowest BCUT2D eigenvalue weighted by atomic mass is 10.0. The molecule has 0 radical (unpaired) electrons. The number of amides is 1. The molecule has 1 aromatic carbocycles. The van der Waals surface area contributed by atoms with Crippen molar-refractivity contribution in [2.45, 2.75) is 25.8 Å². The molecule has 2 aromatic heterocycles. The van der Waals surface area contributed by atoms with E-state index in [4.69, 9.17) is 0 Å². The van der Waals surface area contributed by atoms with Crippen LogP contribution in [0.3, 0.4) is 0 Å². The van der Waals surface area contributed by atoms with Crippen molar-refractivity contribution >= 4 is 32.9 Å². The number of hydrogen-bond donors (Lipinski definition) is 2. The molecule has 0 spiro atoms. The summed E-state index contributed by atoms with van der Waals surface area (Å²) in [6, 6.07) is 10.0. The number of rotatable bonds is 3. The fourth-order valence-electron chi connectivity index (χ4n) is 2.55. The smallest absolute Gasteiger partial charge is 0.251 e. The molecule has 4 rings (SSSR count). The summed E-state index contributed by atoms with van der Waals surface area (Å²) in [6.07, 6.45) is 2.16. The van der Waals surface area contributed by atoms with E-state index in [2.05, 4.69) is 36.4 Å². The predicted molar refractivity (Wildman–Crippen MR) is 92.2 cm³/mol. The fourth-order valence-corrected chi connectivity index (χ4v) is 2.95. The molecule has 0 aliphatic heterocycles. The minimum Gasteiger partial charge on any atom is -0.349 e. The molecule has 2 N–H and O–H groups in total. The van der Waals surface area contributed by atoms with Crippen LogP contribution < -0.4 is 5.32 Å². The van der Waals surface area contributed by atoms with Crippen molar-refractivity contribution in [2.75, 3.05) is 0 Å². The summed E-state index contributed by atoms with van der Waals surface area (Å²) in [4.78, 5) is 16.8. The van der Waals surface area contributed by atoms with Crippen LogP contribution in [0.25, 0.3) is 22.3 Å². The molecule has 3 aromatic rings. The monoisotopic (exact) mass is 370 g/mol. The standard InChI is InChI=1S/C17H15BrN4O/c1-9-2-3-10(17(23)19-11-4-5-11)8-13(9)14-7-6-12-15(18)21-22-16(12)20-14/h2-3,6-8,11H,4-5H2,1H3,(H,19,23)(H,20,21,22). The first kappa shape index (κ1) is 14.4. The Hall–Kier alpha value is -2.21. The quantitative estimate of drug-likeness (QED) is 0.739. The number of aryl methyl sites for hydroxylation is 1. The molecule has 1 amide bonds. The van der Waals surface area contributed by atoms with Crippen molar-refractivity contribution < 1.29 is 4.79 Å². The third kappa shape index (κ3) is 2.74. The van der Waals surface area contributed by atoms with Crippen LogP contribution in [0.4, 0.5) is 0 Å². The van der Waals surface area contributed by atoms with E-state index in [9.17, 15) is 4.79 Å². The van der Waals surface area contributed by atoms with Gasteiger partial charge in [0.25, 0.3) is 5.91 Å². The Morgan fingerprint density at radius 3 is 2.91 bits per heavy atom. The highest BCUT2D eigenvalue weighted by atomic mass is 79.9. The van der Waals surface area contributed by atoms with Crippen LogP contribution in [0.1, 0.15) is 28.8 Å². The number of halogens is 1. The van der Waals surface area contributed by atoms with Gasteiger partial charge in [-0.2, -0.15) is 5.10 Å². The number of hydrogen-bond acceptors (Lipinski definition) is 3. The van der Waals surface area contributed by atoms with Gasteiger partial charge in [0.15, 0.2) is 5.65 Å². The largest absolute Gasteiger partial charge is 0.349 e. The number of nitrogens with zero attached hydrogens (tertiary/aromatic N) is 2. The van der Waals surface area contributed by atoms with E-state index in [0.717, 1.165) is 39.7 Å². The molecule has 0 saturated heterocycles. The van der Waals surface area contributed by atoms with E-state index >= 15 is 0 Å². The zero-order chi connectivity index (χ0) is 16.0. The van der Waals surface area contributed by atoms with Gasteiger partial charge >= 0.3 is 0 Å². The van der Waals surface area contributed by atoms with Crippen molar-refractivity contribution in [1.29, 1.82) is 0 Å². The molecule has 0 atom stereocenters. The Bertz CT molecular complexity index is 914. The van der Waals surface area contributed by atoms with Gasteiger partial charge in [-0.25, -0.2) is 4.98 Å². The van der Waals surface area contributed by atoms with Gasteiger partial charge in [-0.3, -0.25) is 9.89 Å². The molecule has 2 heterocycles. The van der Waals surface area contributed by atoms with Crippen LogP contribution in [0.2, 0.25) is 0 Å². The summed E-state index contributed by atoms with van der Waals surface area (Å²) in [5.74, 6) is -0.0164. The molecular formula is C17H15BrN4O. The van der Waals surface area contributed by atoms with E-state index in [1.165, 1.54) is 0 Å². The number of pyridine rings is 1. The van der Waals surface area contributed by atoms with Crippen molar-refractivity contribution in [3.8, 4) is 11.3 Å².